The summed E-state index contributed by atoms with van der Waals surface area (Å²) in [5.74, 6) is 1.36. The lowest BCUT2D eigenvalue weighted by molar-refractivity contribution is 0.0373. The lowest BCUT2D eigenvalue weighted by Crippen LogP contribution is -2.36. The second-order valence-electron chi connectivity index (χ2n) is 4.38. The zero-order valence-corrected chi connectivity index (χ0v) is 10.3. The van der Waals surface area contributed by atoms with Crippen LogP contribution in [0, 0.1) is 0 Å². The first-order valence-electron chi connectivity index (χ1n) is 6.15. The van der Waals surface area contributed by atoms with E-state index in [-0.39, 0.29) is 5.78 Å². The molecule has 4 heteroatoms. The van der Waals surface area contributed by atoms with Crippen LogP contribution in [-0.4, -0.2) is 43.5 Å². The first-order chi connectivity index (χ1) is 8.25. The third kappa shape index (κ3) is 3.68. The zero-order valence-electron chi connectivity index (χ0n) is 10.3. The van der Waals surface area contributed by atoms with Crippen LogP contribution >= 0.6 is 0 Å². The first-order valence-corrected chi connectivity index (χ1v) is 6.15. The number of aryl methyl sites for hydroxylation is 1. The first kappa shape index (κ1) is 12.3. The summed E-state index contributed by atoms with van der Waals surface area (Å²) in [6.45, 7) is 6.33. The molecular formula is C13H19NO3. The van der Waals surface area contributed by atoms with E-state index in [4.69, 9.17) is 9.15 Å². The van der Waals surface area contributed by atoms with Crippen molar-refractivity contribution < 1.29 is 13.9 Å². The maximum Gasteiger partial charge on any atom is 0.194 e. The Kier molecular flexibility index (Phi) is 4.34. The molecule has 1 aromatic heterocycles. The van der Waals surface area contributed by atoms with Gasteiger partial charge in [-0.2, -0.15) is 0 Å². The predicted octanol–water partition coefficient (Wildman–Crippen LogP) is 1.75. The molecule has 0 saturated carbocycles. The molecule has 0 unspecified atom stereocenters. The Bertz CT molecular complexity index is 366. The van der Waals surface area contributed by atoms with E-state index in [1.54, 1.807) is 6.07 Å². The fourth-order valence-electron chi connectivity index (χ4n) is 2.00. The van der Waals surface area contributed by atoms with Crippen molar-refractivity contribution in [3.8, 4) is 0 Å². The number of nitrogens with zero attached hydrogens (tertiary/aromatic N) is 1. The molecule has 0 N–H and O–H groups in total. The maximum atomic E-state index is 11.1. The molecule has 1 aliphatic rings. The van der Waals surface area contributed by atoms with Crippen LogP contribution in [0.2, 0.25) is 0 Å². The van der Waals surface area contributed by atoms with Gasteiger partial charge in [0.2, 0.25) is 0 Å². The Balaban J connectivity index is 1.71. The number of carbonyl (C=O) groups excluding carboxylic acids is 1. The standard InChI is InChI=1S/C13H19NO3/c1-11(15)13-5-4-12(17-13)3-2-6-14-7-9-16-10-8-14/h4-5H,2-3,6-10H2,1H3. The number of furan rings is 1. The van der Waals surface area contributed by atoms with Crippen molar-refractivity contribution >= 4 is 5.78 Å². The van der Waals surface area contributed by atoms with Gasteiger partial charge < -0.3 is 9.15 Å². The average Bonchev–Trinajstić information content (AvgIpc) is 2.79. The zero-order chi connectivity index (χ0) is 12.1. The molecule has 17 heavy (non-hydrogen) atoms. The summed E-state index contributed by atoms with van der Waals surface area (Å²) < 4.78 is 10.7. The van der Waals surface area contributed by atoms with Gasteiger partial charge >= 0.3 is 0 Å². The Morgan fingerprint density at radius 2 is 2.12 bits per heavy atom. The molecule has 2 rings (SSSR count). The van der Waals surface area contributed by atoms with E-state index in [9.17, 15) is 4.79 Å². The molecule has 0 spiro atoms. The number of morpholine rings is 1. The van der Waals surface area contributed by atoms with E-state index in [1.807, 2.05) is 6.07 Å². The second kappa shape index (κ2) is 5.98. The van der Waals surface area contributed by atoms with Gasteiger partial charge in [-0.25, -0.2) is 0 Å². The number of rotatable bonds is 5. The van der Waals surface area contributed by atoms with Crippen molar-refractivity contribution in [1.82, 2.24) is 4.90 Å². The summed E-state index contributed by atoms with van der Waals surface area (Å²) in [7, 11) is 0. The molecule has 94 valence electrons. The van der Waals surface area contributed by atoms with Crippen molar-refractivity contribution in [2.24, 2.45) is 0 Å². The van der Waals surface area contributed by atoms with Crippen molar-refractivity contribution in [3.05, 3.63) is 23.7 Å². The molecule has 0 atom stereocenters. The molecule has 1 fully saturated rings. The molecule has 1 saturated heterocycles. The lowest BCUT2D eigenvalue weighted by Gasteiger charge is -2.26. The summed E-state index contributed by atoms with van der Waals surface area (Å²) in [6.07, 6.45) is 1.95. The van der Waals surface area contributed by atoms with Crippen molar-refractivity contribution in [3.63, 3.8) is 0 Å². The van der Waals surface area contributed by atoms with E-state index in [0.717, 1.165) is 51.4 Å². The van der Waals surface area contributed by atoms with Crippen LogP contribution in [0.5, 0.6) is 0 Å². The Labute approximate surface area is 102 Å². The fourth-order valence-corrected chi connectivity index (χ4v) is 2.00. The summed E-state index contributed by atoms with van der Waals surface area (Å²) >= 11 is 0. The number of hydrogen-bond donors (Lipinski definition) is 0. The number of Topliss-reactive ketones (excluding diaryl/α,β-unsaturated/α-hetero) is 1. The molecule has 0 bridgehead atoms. The van der Waals surface area contributed by atoms with Crippen LogP contribution < -0.4 is 0 Å². The van der Waals surface area contributed by atoms with Gasteiger partial charge in [0.25, 0.3) is 0 Å². The Morgan fingerprint density at radius 3 is 2.76 bits per heavy atom. The third-order valence-corrected chi connectivity index (χ3v) is 3.01. The van der Waals surface area contributed by atoms with Crippen LogP contribution in [0.1, 0.15) is 29.7 Å². The molecule has 0 aromatic carbocycles. The van der Waals surface area contributed by atoms with E-state index < -0.39 is 0 Å². The van der Waals surface area contributed by atoms with E-state index in [2.05, 4.69) is 4.90 Å². The predicted molar refractivity (Wildman–Crippen MR) is 64.3 cm³/mol. The topological polar surface area (TPSA) is 42.7 Å². The number of hydrogen-bond acceptors (Lipinski definition) is 4. The monoisotopic (exact) mass is 237 g/mol. The highest BCUT2D eigenvalue weighted by Crippen LogP contribution is 2.11. The summed E-state index contributed by atoms with van der Waals surface area (Å²) in [5.41, 5.74) is 0. The van der Waals surface area contributed by atoms with Gasteiger partial charge in [-0.15, -0.1) is 0 Å². The van der Waals surface area contributed by atoms with Crippen LogP contribution in [0.25, 0.3) is 0 Å². The lowest BCUT2D eigenvalue weighted by atomic mass is 10.2. The number of ketones is 1. The largest absolute Gasteiger partial charge is 0.458 e. The fraction of sp³-hybridized carbons (Fsp3) is 0.615. The quantitative estimate of drug-likeness (QED) is 0.732. The van der Waals surface area contributed by atoms with Gasteiger partial charge in [0.15, 0.2) is 11.5 Å². The van der Waals surface area contributed by atoms with Crippen molar-refractivity contribution in [2.45, 2.75) is 19.8 Å². The van der Waals surface area contributed by atoms with Crippen LogP contribution in [0.3, 0.4) is 0 Å². The smallest absolute Gasteiger partial charge is 0.194 e. The highest BCUT2D eigenvalue weighted by molar-refractivity contribution is 5.91. The molecule has 1 aliphatic heterocycles. The summed E-state index contributed by atoms with van der Waals surface area (Å²) in [6, 6.07) is 3.66. The summed E-state index contributed by atoms with van der Waals surface area (Å²) in [4.78, 5) is 13.5. The van der Waals surface area contributed by atoms with Crippen LogP contribution in [0.4, 0.5) is 0 Å². The van der Waals surface area contributed by atoms with Gasteiger partial charge in [-0.3, -0.25) is 9.69 Å². The number of carbonyl (C=O) groups is 1. The van der Waals surface area contributed by atoms with Gasteiger partial charge in [-0.05, 0) is 25.1 Å². The van der Waals surface area contributed by atoms with Gasteiger partial charge in [0, 0.05) is 26.4 Å². The molecule has 0 amide bonds. The molecule has 4 nitrogen and oxygen atoms in total. The van der Waals surface area contributed by atoms with E-state index >= 15 is 0 Å². The second-order valence-corrected chi connectivity index (χ2v) is 4.38. The Hall–Kier alpha value is -1.13. The van der Waals surface area contributed by atoms with Gasteiger partial charge in [0.05, 0.1) is 13.2 Å². The molecule has 2 heterocycles. The molecule has 0 radical (unpaired) electrons. The summed E-state index contributed by atoms with van der Waals surface area (Å²) in [5, 5.41) is 0. The maximum absolute atomic E-state index is 11.1. The molecule has 1 aromatic rings. The molecule has 0 aliphatic carbocycles. The molecular weight excluding hydrogens is 218 g/mol. The minimum absolute atomic E-state index is 0.00979. The minimum atomic E-state index is -0.00979. The number of ether oxygens (including phenoxy) is 1. The third-order valence-electron chi connectivity index (χ3n) is 3.01. The minimum Gasteiger partial charge on any atom is -0.458 e. The van der Waals surface area contributed by atoms with Crippen LogP contribution in [0.15, 0.2) is 16.5 Å². The SMILES string of the molecule is CC(=O)c1ccc(CCCN2CCOCC2)o1. The Morgan fingerprint density at radius 1 is 1.35 bits per heavy atom. The normalized spacial score (nSPS) is 17.2. The van der Waals surface area contributed by atoms with Gasteiger partial charge in [-0.1, -0.05) is 0 Å². The van der Waals surface area contributed by atoms with Crippen molar-refractivity contribution in [2.75, 3.05) is 32.8 Å². The van der Waals surface area contributed by atoms with E-state index in [1.165, 1.54) is 6.92 Å². The highest BCUT2D eigenvalue weighted by Gasteiger charge is 2.10. The average molecular weight is 237 g/mol. The van der Waals surface area contributed by atoms with Gasteiger partial charge in [0.1, 0.15) is 5.76 Å². The van der Waals surface area contributed by atoms with E-state index in [0.29, 0.717) is 5.76 Å². The highest BCUT2D eigenvalue weighted by atomic mass is 16.5. The van der Waals surface area contributed by atoms with Crippen molar-refractivity contribution in [1.29, 1.82) is 0 Å². The van der Waals surface area contributed by atoms with Crippen LogP contribution in [-0.2, 0) is 11.2 Å².